The summed E-state index contributed by atoms with van der Waals surface area (Å²) in [7, 11) is 0. The molecule has 18 heavy (non-hydrogen) atoms. The van der Waals surface area contributed by atoms with Crippen LogP contribution in [0.5, 0.6) is 0 Å². The Labute approximate surface area is 114 Å². The minimum Gasteiger partial charge on any atom is -0.373 e. The fourth-order valence-electron chi connectivity index (χ4n) is 2.49. The Morgan fingerprint density at radius 2 is 1.22 bits per heavy atom. The molecule has 1 saturated heterocycles. The quantitative estimate of drug-likeness (QED) is 0.221. The lowest BCUT2D eigenvalue weighted by molar-refractivity contribution is 0.387. The molecule has 1 nitrogen and oxygen atoms in total. The average molecular weight is 252 g/mol. The molecule has 0 spiro atoms. The summed E-state index contributed by atoms with van der Waals surface area (Å²) in [6.45, 7) is 4.79. The van der Waals surface area contributed by atoms with Gasteiger partial charge in [0.15, 0.2) is 0 Å². The number of hydrogen-bond donors (Lipinski definition) is 0. The van der Waals surface area contributed by atoms with Crippen LogP contribution in [-0.4, -0.2) is 12.7 Å². The average Bonchev–Trinajstić information content (AvgIpc) is 3.19. The van der Waals surface area contributed by atoms with Gasteiger partial charge >= 0.3 is 0 Å². The molecular formula is C17H32O. The molecule has 0 aromatic rings. The first-order valence-electron chi connectivity index (χ1n) is 8.16. The fraction of sp³-hybridized carbons (Fsp3) is 0.882. The molecule has 1 rings (SSSR count). The van der Waals surface area contributed by atoms with Gasteiger partial charge in [0.25, 0.3) is 0 Å². The highest BCUT2D eigenvalue weighted by molar-refractivity contribution is 4.68. The lowest BCUT2D eigenvalue weighted by Gasteiger charge is -2.02. The number of unbranched alkanes of at least 4 members (excludes halogenated alkanes) is 11. The molecule has 0 aliphatic carbocycles. The van der Waals surface area contributed by atoms with E-state index in [-0.39, 0.29) is 0 Å². The zero-order valence-electron chi connectivity index (χ0n) is 12.2. The van der Waals surface area contributed by atoms with Crippen LogP contribution in [0.2, 0.25) is 0 Å². The summed E-state index contributed by atoms with van der Waals surface area (Å²) in [5.41, 5.74) is 0. The van der Waals surface area contributed by atoms with E-state index in [2.05, 4.69) is 6.58 Å². The standard InChI is InChI=1S/C17H32O/c1-2-3-4-5-6-7-8-9-10-11-12-13-14-15-17-16-18-17/h2,17H,1,3-16H2. The van der Waals surface area contributed by atoms with E-state index in [0.29, 0.717) is 6.10 Å². The van der Waals surface area contributed by atoms with Crippen molar-refractivity contribution in [3.63, 3.8) is 0 Å². The first-order valence-corrected chi connectivity index (χ1v) is 8.16. The lowest BCUT2D eigenvalue weighted by atomic mass is 10.0. The molecule has 1 fully saturated rings. The van der Waals surface area contributed by atoms with E-state index in [1.54, 1.807) is 0 Å². The van der Waals surface area contributed by atoms with Crippen LogP contribution in [0, 0.1) is 0 Å². The van der Waals surface area contributed by atoms with E-state index < -0.39 is 0 Å². The van der Waals surface area contributed by atoms with Crippen molar-refractivity contribution in [3.05, 3.63) is 12.7 Å². The van der Waals surface area contributed by atoms with Crippen LogP contribution in [0.25, 0.3) is 0 Å². The summed E-state index contributed by atoms with van der Waals surface area (Å²) < 4.78 is 5.21. The molecule has 1 heteroatoms. The smallest absolute Gasteiger partial charge is 0.0810 e. The normalized spacial score (nSPS) is 17.9. The molecule has 1 atom stereocenters. The van der Waals surface area contributed by atoms with Crippen LogP contribution in [0.1, 0.15) is 83.5 Å². The summed E-state index contributed by atoms with van der Waals surface area (Å²) in [5, 5.41) is 0. The number of ether oxygens (including phenoxy) is 1. The molecule has 0 aromatic heterocycles. The van der Waals surface area contributed by atoms with Crippen molar-refractivity contribution in [2.45, 2.75) is 89.6 Å². The topological polar surface area (TPSA) is 12.5 Å². The van der Waals surface area contributed by atoms with Gasteiger partial charge in [-0.3, -0.25) is 0 Å². The van der Waals surface area contributed by atoms with E-state index in [0.717, 1.165) is 6.61 Å². The lowest BCUT2D eigenvalue weighted by Crippen LogP contribution is -1.86. The maximum absolute atomic E-state index is 5.21. The van der Waals surface area contributed by atoms with Gasteiger partial charge in [-0.25, -0.2) is 0 Å². The van der Waals surface area contributed by atoms with Crippen LogP contribution < -0.4 is 0 Å². The van der Waals surface area contributed by atoms with E-state index >= 15 is 0 Å². The van der Waals surface area contributed by atoms with Gasteiger partial charge in [0.2, 0.25) is 0 Å². The Balaban J connectivity index is 1.61. The number of epoxide rings is 1. The fourth-order valence-corrected chi connectivity index (χ4v) is 2.49. The van der Waals surface area contributed by atoms with Crippen molar-refractivity contribution in [2.24, 2.45) is 0 Å². The molecule has 106 valence electrons. The number of allylic oxidation sites excluding steroid dienone is 1. The number of rotatable bonds is 14. The molecule has 1 unspecified atom stereocenters. The van der Waals surface area contributed by atoms with Crippen molar-refractivity contribution in [1.82, 2.24) is 0 Å². The molecule has 0 radical (unpaired) electrons. The number of hydrogen-bond acceptors (Lipinski definition) is 1. The minimum absolute atomic E-state index is 0.645. The highest BCUT2D eigenvalue weighted by Crippen LogP contribution is 2.18. The Hall–Kier alpha value is -0.300. The van der Waals surface area contributed by atoms with Crippen LogP contribution in [0.4, 0.5) is 0 Å². The van der Waals surface area contributed by atoms with Gasteiger partial charge in [-0.05, 0) is 19.3 Å². The summed E-state index contributed by atoms with van der Waals surface area (Å²) in [6.07, 6.45) is 20.8. The highest BCUT2D eigenvalue weighted by Gasteiger charge is 2.20. The Morgan fingerprint density at radius 3 is 1.67 bits per heavy atom. The first kappa shape index (κ1) is 15.8. The molecule has 0 N–H and O–H groups in total. The van der Waals surface area contributed by atoms with Crippen molar-refractivity contribution in [1.29, 1.82) is 0 Å². The van der Waals surface area contributed by atoms with E-state index in [4.69, 9.17) is 4.74 Å². The van der Waals surface area contributed by atoms with Crippen LogP contribution in [0.15, 0.2) is 12.7 Å². The third-order valence-corrected chi connectivity index (χ3v) is 3.84. The Bertz CT molecular complexity index is 184. The summed E-state index contributed by atoms with van der Waals surface area (Å²) in [4.78, 5) is 0. The maximum Gasteiger partial charge on any atom is 0.0810 e. The molecule has 1 heterocycles. The van der Waals surface area contributed by atoms with Crippen molar-refractivity contribution in [2.75, 3.05) is 6.61 Å². The molecule has 1 aliphatic heterocycles. The van der Waals surface area contributed by atoms with Crippen LogP contribution in [-0.2, 0) is 4.74 Å². The predicted octanol–water partition coefficient (Wildman–Crippen LogP) is 5.64. The van der Waals surface area contributed by atoms with Gasteiger partial charge in [0, 0.05) is 0 Å². The Kier molecular flexibility index (Phi) is 10.3. The van der Waals surface area contributed by atoms with Crippen molar-refractivity contribution >= 4 is 0 Å². The largest absolute Gasteiger partial charge is 0.373 e. The van der Waals surface area contributed by atoms with Crippen molar-refractivity contribution in [3.8, 4) is 0 Å². The van der Waals surface area contributed by atoms with E-state index in [1.807, 2.05) is 6.08 Å². The monoisotopic (exact) mass is 252 g/mol. The first-order chi connectivity index (χ1) is 8.93. The SMILES string of the molecule is C=CCCCCCCCCCCCCCC1CO1. The molecule has 0 aromatic carbocycles. The molecular weight excluding hydrogens is 220 g/mol. The molecule has 0 amide bonds. The van der Waals surface area contributed by atoms with Crippen LogP contribution >= 0.6 is 0 Å². The Morgan fingerprint density at radius 1 is 0.778 bits per heavy atom. The third kappa shape index (κ3) is 10.8. The van der Waals surface area contributed by atoms with Gasteiger partial charge in [-0.1, -0.05) is 70.3 Å². The third-order valence-electron chi connectivity index (χ3n) is 3.84. The zero-order valence-corrected chi connectivity index (χ0v) is 12.2. The van der Waals surface area contributed by atoms with Crippen LogP contribution in [0.3, 0.4) is 0 Å². The van der Waals surface area contributed by atoms with Gasteiger partial charge in [-0.15, -0.1) is 6.58 Å². The second-order valence-electron chi connectivity index (χ2n) is 5.71. The second kappa shape index (κ2) is 11.8. The van der Waals surface area contributed by atoms with Gasteiger partial charge in [0.1, 0.15) is 0 Å². The molecule has 1 aliphatic rings. The molecule has 0 bridgehead atoms. The summed E-state index contributed by atoms with van der Waals surface area (Å²) >= 11 is 0. The van der Waals surface area contributed by atoms with Crippen molar-refractivity contribution < 1.29 is 4.74 Å². The van der Waals surface area contributed by atoms with E-state index in [9.17, 15) is 0 Å². The van der Waals surface area contributed by atoms with Gasteiger partial charge in [-0.2, -0.15) is 0 Å². The summed E-state index contributed by atoms with van der Waals surface area (Å²) in [5.74, 6) is 0. The second-order valence-corrected chi connectivity index (χ2v) is 5.71. The maximum atomic E-state index is 5.21. The minimum atomic E-state index is 0.645. The highest BCUT2D eigenvalue weighted by atomic mass is 16.6. The molecule has 0 saturated carbocycles. The van der Waals surface area contributed by atoms with Gasteiger partial charge in [0.05, 0.1) is 12.7 Å². The van der Waals surface area contributed by atoms with E-state index in [1.165, 1.54) is 83.5 Å². The predicted molar refractivity (Wildman–Crippen MR) is 80.0 cm³/mol. The zero-order chi connectivity index (χ0) is 12.9. The van der Waals surface area contributed by atoms with Gasteiger partial charge < -0.3 is 4.74 Å². The summed E-state index contributed by atoms with van der Waals surface area (Å²) in [6, 6.07) is 0.